The predicted molar refractivity (Wildman–Crippen MR) is 48.7 cm³/mol. The average Bonchev–Trinajstić information content (AvgIpc) is 2.03. The minimum atomic E-state index is -0.137. The molecular weight excluding hydrogens is 160 g/mol. The molecule has 1 atom stereocenters. The lowest BCUT2D eigenvalue weighted by molar-refractivity contribution is -0.143. The van der Waals surface area contributed by atoms with Gasteiger partial charge in [0, 0.05) is 11.5 Å². The second-order valence-electron chi connectivity index (χ2n) is 2.25. The van der Waals surface area contributed by atoms with E-state index in [0.717, 1.165) is 11.5 Å². The molecule has 2 nitrogen and oxygen atoms in total. The van der Waals surface area contributed by atoms with Crippen molar-refractivity contribution in [3.05, 3.63) is 12.7 Å². The van der Waals surface area contributed by atoms with Crippen molar-refractivity contribution in [1.82, 2.24) is 0 Å². The summed E-state index contributed by atoms with van der Waals surface area (Å²) in [4.78, 5) is 10.8. The molecular formula is C8H14O2S. The Morgan fingerprint density at radius 1 is 1.82 bits per heavy atom. The van der Waals surface area contributed by atoms with Gasteiger partial charge in [-0.05, 0) is 0 Å². The molecule has 0 bridgehead atoms. The molecule has 0 rings (SSSR count). The van der Waals surface area contributed by atoms with E-state index in [1.54, 1.807) is 11.8 Å². The molecule has 0 fully saturated rings. The maximum Gasteiger partial charge on any atom is 0.309 e. The normalized spacial score (nSPS) is 12.2. The molecule has 0 radical (unpaired) electrons. The van der Waals surface area contributed by atoms with Gasteiger partial charge in [0.05, 0.1) is 13.0 Å². The molecule has 0 aromatic heterocycles. The first-order valence-electron chi connectivity index (χ1n) is 3.48. The first-order valence-corrected chi connectivity index (χ1v) is 4.64. The highest BCUT2D eigenvalue weighted by Gasteiger charge is 2.11. The topological polar surface area (TPSA) is 26.3 Å². The van der Waals surface area contributed by atoms with Gasteiger partial charge in [-0.15, -0.1) is 6.58 Å². The quantitative estimate of drug-likeness (QED) is 0.360. The summed E-state index contributed by atoms with van der Waals surface area (Å²) < 4.78 is 4.56. The zero-order valence-corrected chi connectivity index (χ0v) is 7.82. The molecule has 0 aromatic carbocycles. The molecule has 0 N–H and O–H groups in total. The Bertz CT molecular complexity index is 134. The molecule has 11 heavy (non-hydrogen) atoms. The number of carbonyl (C=O) groups excluding carboxylic acids is 1. The third-order valence-corrected chi connectivity index (χ3v) is 2.41. The molecule has 1 unspecified atom stereocenters. The van der Waals surface area contributed by atoms with Gasteiger partial charge >= 0.3 is 5.97 Å². The van der Waals surface area contributed by atoms with E-state index in [9.17, 15) is 4.79 Å². The second-order valence-corrected chi connectivity index (χ2v) is 3.33. The Hall–Kier alpha value is -0.440. The van der Waals surface area contributed by atoms with Crippen LogP contribution in [0.5, 0.6) is 0 Å². The van der Waals surface area contributed by atoms with Gasteiger partial charge < -0.3 is 4.74 Å². The van der Waals surface area contributed by atoms with Gasteiger partial charge in [-0.3, -0.25) is 4.79 Å². The maximum absolute atomic E-state index is 10.8. The van der Waals surface area contributed by atoms with Crippen molar-refractivity contribution in [2.24, 2.45) is 5.92 Å². The van der Waals surface area contributed by atoms with E-state index in [2.05, 4.69) is 11.3 Å². The van der Waals surface area contributed by atoms with Gasteiger partial charge in [0.2, 0.25) is 0 Å². The average molecular weight is 174 g/mol. The van der Waals surface area contributed by atoms with Crippen molar-refractivity contribution < 1.29 is 9.53 Å². The molecule has 0 heterocycles. The predicted octanol–water partition coefficient (Wildman–Crippen LogP) is 1.71. The van der Waals surface area contributed by atoms with Crippen molar-refractivity contribution >= 4 is 17.7 Å². The molecule has 64 valence electrons. The monoisotopic (exact) mass is 174 g/mol. The van der Waals surface area contributed by atoms with E-state index in [-0.39, 0.29) is 11.9 Å². The molecule has 0 aliphatic rings. The fourth-order valence-electron chi connectivity index (χ4n) is 0.597. The molecule has 0 aliphatic carbocycles. The number of carbonyl (C=O) groups is 1. The number of ether oxygens (including phenoxy) is 1. The minimum absolute atomic E-state index is 0.00931. The zero-order valence-electron chi connectivity index (χ0n) is 7.00. The molecule has 0 aliphatic heterocycles. The maximum atomic E-state index is 10.8. The number of esters is 1. The molecule has 0 saturated heterocycles. The van der Waals surface area contributed by atoms with E-state index in [0.29, 0.717) is 0 Å². The lowest BCUT2D eigenvalue weighted by atomic mass is 10.2. The van der Waals surface area contributed by atoms with Crippen LogP contribution in [0.3, 0.4) is 0 Å². The van der Waals surface area contributed by atoms with Crippen LogP contribution in [0.1, 0.15) is 6.92 Å². The highest BCUT2D eigenvalue weighted by atomic mass is 32.2. The van der Waals surface area contributed by atoms with E-state index >= 15 is 0 Å². The summed E-state index contributed by atoms with van der Waals surface area (Å²) in [5, 5.41) is 0. The number of thioether (sulfide) groups is 1. The van der Waals surface area contributed by atoms with Crippen molar-refractivity contribution in [3.63, 3.8) is 0 Å². The summed E-state index contributed by atoms with van der Waals surface area (Å²) >= 11 is 1.69. The molecule has 0 aromatic rings. The summed E-state index contributed by atoms with van der Waals surface area (Å²) in [6.07, 6.45) is 1.83. The Morgan fingerprint density at radius 3 is 2.91 bits per heavy atom. The first-order chi connectivity index (χ1) is 5.22. The Kier molecular flexibility index (Phi) is 6.03. The van der Waals surface area contributed by atoms with Crippen LogP contribution in [-0.4, -0.2) is 24.6 Å². The summed E-state index contributed by atoms with van der Waals surface area (Å²) in [5.74, 6) is 1.55. The van der Waals surface area contributed by atoms with Crippen molar-refractivity contribution in [1.29, 1.82) is 0 Å². The summed E-state index contributed by atoms with van der Waals surface area (Å²) in [5.41, 5.74) is 0. The summed E-state index contributed by atoms with van der Waals surface area (Å²) in [7, 11) is 1.41. The number of hydrogen-bond acceptors (Lipinski definition) is 3. The second kappa shape index (κ2) is 6.28. The van der Waals surface area contributed by atoms with Gasteiger partial charge in [0.1, 0.15) is 0 Å². The van der Waals surface area contributed by atoms with Crippen LogP contribution in [0, 0.1) is 5.92 Å². The molecule has 0 spiro atoms. The third-order valence-electron chi connectivity index (χ3n) is 1.21. The Morgan fingerprint density at radius 2 is 2.45 bits per heavy atom. The van der Waals surface area contributed by atoms with Crippen LogP contribution >= 0.6 is 11.8 Å². The standard InChI is InChI=1S/C8H14O2S/c1-4-5-11-6-7(2)8(9)10-3/h4,7H,1,5-6H2,2-3H3. The van der Waals surface area contributed by atoms with Crippen molar-refractivity contribution in [2.45, 2.75) is 6.92 Å². The van der Waals surface area contributed by atoms with E-state index in [1.165, 1.54) is 7.11 Å². The van der Waals surface area contributed by atoms with Crippen LogP contribution in [0.15, 0.2) is 12.7 Å². The van der Waals surface area contributed by atoms with Gasteiger partial charge in [0.25, 0.3) is 0 Å². The van der Waals surface area contributed by atoms with Crippen LogP contribution in [-0.2, 0) is 9.53 Å². The smallest absolute Gasteiger partial charge is 0.309 e. The highest BCUT2D eigenvalue weighted by Crippen LogP contribution is 2.09. The van der Waals surface area contributed by atoms with Crippen LogP contribution in [0.25, 0.3) is 0 Å². The zero-order chi connectivity index (χ0) is 8.69. The SMILES string of the molecule is C=CCSCC(C)C(=O)OC. The summed E-state index contributed by atoms with van der Waals surface area (Å²) in [6, 6.07) is 0. The highest BCUT2D eigenvalue weighted by molar-refractivity contribution is 7.99. The van der Waals surface area contributed by atoms with Gasteiger partial charge in [-0.25, -0.2) is 0 Å². The summed E-state index contributed by atoms with van der Waals surface area (Å²) in [6.45, 7) is 5.45. The van der Waals surface area contributed by atoms with Crippen molar-refractivity contribution in [3.8, 4) is 0 Å². The number of rotatable bonds is 5. The molecule has 0 amide bonds. The van der Waals surface area contributed by atoms with E-state index in [4.69, 9.17) is 0 Å². The van der Waals surface area contributed by atoms with Crippen molar-refractivity contribution in [2.75, 3.05) is 18.6 Å². The van der Waals surface area contributed by atoms with E-state index in [1.807, 2.05) is 13.0 Å². The van der Waals surface area contributed by atoms with E-state index < -0.39 is 0 Å². The van der Waals surface area contributed by atoms with Crippen LogP contribution < -0.4 is 0 Å². The number of methoxy groups -OCH3 is 1. The lowest BCUT2D eigenvalue weighted by Gasteiger charge is -2.06. The van der Waals surface area contributed by atoms with Gasteiger partial charge in [0.15, 0.2) is 0 Å². The Balaban J connectivity index is 3.43. The van der Waals surface area contributed by atoms with Gasteiger partial charge in [-0.2, -0.15) is 11.8 Å². The largest absolute Gasteiger partial charge is 0.469 e. The Labute approximate surface area is 72.0 Å². The lowest BCUT2D eigenvalue weighted by Crippen LogP contribution is -2.14. The van der Waals surface area contributed by atoms with Crippen LogP contribution in [0.4, 0.5) is 0 Å². The minimum Gasteiger partial charge on any atom is -0.469 e. The third kappa shape index (κ3) is 4.90. The fourth-order valence-corrected chi connectivity index (χ4v) is 1.39. The van der Waals surface area contributed by atoms with Gasteiger partial charge in [-0.1, -0.05) is 13.0 Å². The molecule has 0 saturated carbocycles. The fraction of sp³-hybridized carbons (Fsp3) is 0.625. The van der Waals surface area contributed by atoms with Crippen LogP contribution in [0.2, 0.25) is 0 Å². The first kappa shape index (κ1) is 10.6. The molecule has 3 heteroatoms. The number of hydrogen-bond donors (Lipinski definition) is 0.